The molecule has 4 rings (SSSR count). The first-order valence-electron chi connectivity index (χ1n) is 9.71. The molecule has 0 fully saturated rings. The Morgan fingerprint density at radius 1 is 1.03 bits per heavy atom. The van der Waals surface area contributed by atoms with Gasteiger partial charge in [-0.15, -0.1) is 0 Å². The number of nitrogens with zero attached hydrogens (tertiary/aromatic N) is 3. The fraction of sp³-hybridized carbons (Fsp3) is 0.217. The second-order valence-electron chi connectivity index (χ2n) is 7.00. The van der Waals surface area contributed by atoms with Crippen LogP contribution in [-0.2, 0) is 17.8 Å². The first kappa shape index (κ1) is 18.8. The SMILES string of the molecule is CCC(=O)N1CCc2cc(-c3ccc(C(=O)NCc4cncnc4)cc3)ccc21. The molecule has 29 heavy (non-hydrogen) atoms. The molecule has 0 radical (unpaired) electrons. The highest BCUT2D eigenvalue weighted by atomic mass is 16.2. The third-order valence-electron chi connectivity index (χ3n) is 5.13. The van der Waals surface area contributed by atoms with Gasteiger partial charge in [-0.3, -0.25) is 9.59 Å². The van der Waals surface area contributed by atoms with Crippen LogP contribution in [0.25, 0.3) is 11.1 Å². The molecule has 2 heterocycles. The third-order valence-corrected chi connectivity index (χ3v) is 5.13. The maximum Gasteiger partial charge on any atom is 0.251 e. The van der Waals surface area contributed by atoms with E-state index in [0.29, 0.717) is 18.5 Å². The van der Waals surface area contributed by atoms with Crippen LogP contribution in [0.3, 0.4) is 0 Å². The first-order valence-corrected chi connectivity index (χ1v) is 9.71. The van der Waals surface area contributed by atoms with Gasteiger partial charge in [0.1, 0.15) is 6.33 Å². The summed E-state index contributed by atoms with van der Waals surface area (Å²) in [7, 11) is 0. The molecule has 1 aliphatic rings. The predicted octanol–water partition coefficient (Wildman–Crippen LogP) is 3.37. The van der Waals surface area contributed by atoms with Crippen molar-refractivity contribution in [2.24, 2.45) is 0 Å². The Bertz CT molecular complexity index is 1030. The summed E-state index contributed by atoms with van der Waals surface area (Å²) in [4.78, 5) is 34.2. The van der Waals surface area contributed by atoms with Gasteiger partial charge in [0.15, 0.2) is 0 Å². The Morgan fingerprint density at radius 3 is 2.48 bits per heavy atom. The van der Waals surface area contributed by atoms with E-state index in [2.05, 4.69) is 21.4 Å². The van der Waals surface area contributed by atoms with Gasteiger partial charge in [0.25, 0.3) is 5.91 Å². The van der Waals surface area contributed by atoms with Gasteiger partial charge in [0.2, 0.25) is 5.91 Å². The van der Waals surface area contributed by atoms with E-state index in [0.717, 1.165) is 35.3 Å². The molecular weight excluding hydrogens is 364 g/mol. The van der Waals surface area contributed by atoms with Crippen molar-refractivity contribution >= 4 is 17.5 Å². The van der Waals surface area contributed by atoms with E-state index in [4.69, 9.17) is 0 Å². The summed E-state index contributed by atoms with van der Waals surface area (Å²) < 4.78 is 0. The van der Waals surface area contributed by atoms with Gasteiger partial charge in [-0.2, -0.15) is 0 Å². The summed E-state index contributed by atoms with van der Waals surface area (Å²) in [6.45, 7) is 3.02. The molecule has 1 aliphatic heterocycles. The van der Waals surface area contributed by atoms with Crippen molar-refractivity contribution in [2.45, 2.75) is 26.3 Å². The highest BCUT2D eigenvalue weighted by Gasteiger charge is 2.23. The Morgan fingerprint density at radius 2 is 1.76 bits per heavy atom. The molecule has 1 N–H and O–H groups in total. The zero-order valence-corrected chi connectivity index (χ0v) is 16.3. The van der Waals surface area contributed by atoms with Crippen LogP contribution in [0.2, 0.25) is 0 Å². The van der Waals surface area contributed by atoms with Gasteiger partial charge in [-0.05, 0) is 47.4 Å². The van der Waals surface area contributed by atoms with E-state index in [-0.39, 0.29) is 11.8 Å². The minimum atomic E-state index is -0.136. The third kappa shape index (κ3) is 4.01. The van der Waals surface area contributed by atoms with Gasteiger partial charge in [0.05, 0.1) is 0 Å². The lowest BCUT2D eigenvalue weighted by Gasteiger charge is -2.16. The summed E-state index contributed by atoms with van der Waals surface area (Å²) in [5.41, 5.74) is 5.79. The largest absolute Gasteiger partial charge is 0.348 e. The summed E-state index contributed by atoms with van der Waals surface area (Å²) in [5.74, 6) is 0.0250. The number of hydrogen-bond acceptors (Lipinski definition) is 4. The molecule has 0 bridgehead atoms. The number of aromatic nitrogens is 2. The van der Waals surface area contributed by atoms with Crippen LogP contribution in [0.5, 0.6) is 0 Å². The maximum atomic E-state index is 12.4. The van der Waals surface area contributed by atoms with E-state index < -0.39 is 0 Å². The molecule has 1 aromatic heterocycles. The number of carbonyl (C=O) groups excluding carboxylic acids is 2. The van der Waals surface area contributed by atoms with Crippen molar-refractivity contribution in [1.29, 1.82) is 0 Å². The van der Waals surface area contributed by atoms with Gasteiger partial charge >= 0.3 is 0 Å². The van der Waals surface area contributed by atoms with E-state index in [9.17, 15) is 9.59 Å². The van der Waals surface area contributed by atoms with Crippen molar-refractivity contribution in [3.8, 4) is 11.1 Å². The average molecular weight is 386 g/mol. The second-order valence-corrected chi connectivity index (χ2v) is 7.00. The van der Waals surface area contributed by atoms with Crippen molar-refractivity contribution in [2.75, 3.05) is 11.4 Å². The molecule has 2 amide bonds. The highest BCUT2D eigenvalue weighted by Crippen LogP contribution is 2.32. The predicted molar refractivity (Wildman–Crippen MR) is 111 cm³/mol. The van der Waals surface area contributed by atoms with E-state index in [1.807, 2.05) is 48.2 Å². The lowest BCUT2D eigenvalue weighted by atomic mass is 10.0. The monoisotopic (exact) mass is 386 g/mol. The average Bonchev–Trinajstić information content (AvgIpc) is 3.21. The number of nitrogens with one attached hydrogen (secondary N) is 1. The van der Waals surface area contributed by atoms with Crippen molar-refractivity contribution in [3.05, 3.63) is 77.9 Å². The molecule has 6 heteroatoms. The van der Waals surface area contributed by atoms with Crippen LogP contribution in [0, 0.1) is 0 Å². The minimum absolute atomic E-state index is 0.136. The molecule has 0 atom stereocenters. The molecule has 146 valence electrons. The van der Waals surface area contributed by atoms with Crippen LogP contribution in [0.1, 0.15) is 34.8 Å². The molecule has 0 aliphatic carbocycles. The lowest BCUT2D eigenvalue weighted by Crippen LogP contribution is -2.27. The Labute approximate surface area is 169 Å². The number of amides is 2. The lowest BCUT2D eigenvalue weighted by molar-refractivity contribution is -0.118. The number of carbonyl (C=O) groups is 2. The normalized spacial score (nSPS) is 12.5. The molecule has 3 aromatic rings. The number of rotatable bonds is 5. The molecule has 0 saturated carbocycles. The fourth-order valence-corrected chi connectivity index (χ4v) is 3.55. The standard InChI is InChI=1S/C23H22N4O2/c1-2-22(28)27-10-9-20-11-19(7-8-21(20)27)17-3-5-18(6-4-17)23(29)26-14-16-12-24-15-25-13-16/h3-8,11-13,15H,2,9-10,14H2,1H3,(H,26,29). The molecular formula is C23H22N4O2. The van der Waals surface area contributed by atoms with Crippen molar-refractivity contribution in [1.82, 2.24) is 15.3 Å². The van der Waals surface area contributed by atoms with Crippen molar-refractivity contribution in [3.63, 3.8) is 0 Å². The molecule has 0 spiro atoms. The van der Waals surface area contributed by atoms with E-state index >= 15 is 0 Å². The maximum absolute atomic E-state index is 12.4. The van der Waals surface area contributed by atoms with Crippen LogP contribution in [-0.4, -0.2) is 28.3 Å². The van der Waals surface area contributed by atoms with E-state index in [1.54, 1.807) is 12.4 Å². The van der Waals surface area contributed by atoms with Crippen LogP contribution in [0.15, 0.2) is 61.2 Å². The Hall–Kier alpha value is -3.54. The van der Waals surface area contributed by atoms with Gasteiger partial charge < -0.3 is 10.2 Å². The van der Waals surface area contributed by atoms with Crippen molar-refractivity contribution < 1.29 is 9.59 Å². The Balaban J connectivity index is 1.45. The quantitative estimate of drug-likeness (QED) is 0.729. The van der Waals surface area contributed by atoms with Gasteiger partial charge in [-0.25, -0.2) is 9.97 Å². The number of benzene rings is 2. The smallest absolute Gasteiger partial charge is 0.251 e. The number of hydrogen-bond donors (Lipinski definition) is 1. The summed E-state index contributed by atoms with van der Waals surface area (Å²) in [5, 5.41) is 2.87. The minimum Gasteiger partial charge on any atom is -0.348 e. The van der Waals surface area contributed by atoms with Gasteiger partial charge in [-0.1, -0.05) is 25.1 Å². The summed E-state index contributed by atoms with van der Waals surface area (Å²) in [6, 6.07) is 13.7. The van der Waals surface area contributed by atoms with Gasteiger partial charge in [0, 0.05) is 48.7 Å². The first-order chi connectivity index (χ1) is 14.2. The highest BCUT2D eigenvalue weighted by molar-refractivity contribution is 5.96. The molecule has 6 nitrogen and oxygen atoms in total. The summed E-state index contributed by atoms with van der Waals surface area (Å²) >= 11 is 0. The molecule has 0 saturated heterocycles. The van der Waals surface area contributed by atoms with Crippen LogP contribution in [0.4, 0.5) is 5.69 Å². The Kier molecular flexibility index (Phi) is 5.33. The second kappa shape index (κ2) is 8.22. The zero-order chi connectivity index (χ0) is 20.2. The molecule has 2 aromatic carbocycles. The molecule has 0 unspecified atom stereocenters. The summed E-state index contributed by atoms with van der Waals surface area (Å²) in [6.07, 6.45) is 6.21. The zero-order valence-electron chi connectivity index (χ0n) is 16.3. The van der Waals surface area contributed by atoms with E-state index in [1.165, 1.54) is 11.9 Å². The fourth-order valence-electron chi connectivity index (χ4n) is 3.55. The van der Waals surface area contributed by atoms with Crippen LogP contribution >= 0.6 is 0 Å². The number of fused-ring (bicyclic) bond motifs is 1. The van der Waals surface area contributed by atoms with Crippen LogP contribution < -0.4 is 10.2 Å². The number of anilines is 1. The topological polar surface area (TPSA) is 75.2 Å².